The second-order valence-corrected chi connectivity index (χ2v) is 13.5. The first-order valence-corrected chi connectivity index (χ1v) is 14.8. The summed E-state index contributed by atoms with van der Waals surface area (Å²) in [5, 5.41) is 51.2. The lowest BCUT2D eigenvalue weighted by Crippen LogP contribution is -2.62. The molecule has 1 aromatic carbocycles. The molecule has 5 rings (SSSR count). The number of fused-ring (bicyclic) bond motifs is 5. The summed E-state index contributed by atoms with van der Waals surface area (Å²) in [4.78, 5) is 21.6. The third kappa shape index (κ3) is 5.32. The lowest BCUT2D eigenvalue weighted by molar-refractivity contribution is -0.207. The van der Waals surface area contributed by atoms with Gasteiger partial charge in [-0.05, 0) is 110 Å². The number of carboxylic acids is 1. The third-order valence-electron chi connectivity index (χ3n) is 11.7. The quantitative estimate of drug-likeness (QED) is 0.210. The van der Waals surface area contributed by atoms with Gasteiger partial charge in [-0.2, -0.15) is 0 Å². The zero-order chi connectivity index (χ0) is 29.6. The van der Waals surface area contributed by atoms with Crippen molar-refractivity contribution in [1.82, 2.24) is 0 Å². The molecule has 0 radical (unpaired) electrons. The summed E-state index contributed by atoms with van der Waals surface area (Å²) in [7, 11) is 0. The Morgan fingerprint density at radius 2 is 1.75 bits per heavy atom. The Morgan fingerprint density at radius 1 is 1.05 bits per heavy atom. The lowest BCUT2D eigenvalue weighted by atomic mass is 9.43. The molecule has 4 aliphatic carbocycles. The fourth-order valence-electron chi connectivity index (χ4n) is 9.44. The van der Waals surface area contributed by atoms with Crippen molar-refractivity contribution in [3.05, 3.63) is 23.8 Å². The molecule has 0 aromatic heterocycles. The van der Waals surface area contributed by atoms with Crippen LogP contribution in [0.3, 0.4) is 0 Å². The van der Waals surface area contributed by atoms with Crippen LogP contribution < -0.4 is 11.5 Å². The van der Waals surface area contributed by atoms with Gasteiger partial charge in [-0.15, -0.1) is 0 Å². The summed E-state index contributed by atoms with van der Waals surface area (Å²) < 4.78 is 0. The molecule has 9 N–H and O–H groups in total. The number of carboxylic acid groups (broad SMARTS) is 1. The van der Waals surface area contributed by atoms with Gasteiger partial charge < -0.3 is 37.0 Å². The number of primary amides is 1. The summed E-state index contributed by atoms with van der Waals surface area (Å²) in [6.07, 6.45) is 6.00. The zero-order valence-corrected chi connectivity index (χ0v) is 24.0. The Balaban J connectivity index is 0.000000283. The standard InChI is InChI=1S/C24H40O5.C7H8N2O2/c1-13(4-7-21(28)29)16-5-6-17-22-18(12-20(27)24(16,17)3)23(2)9-8-15(25)10-14(23)11-19(22)26;8-5-3-1-2-4(6(5)10)7(9)11/h13-20,22,25-27H,4-12H2,1-3H3,(H,28,29);1-3,10H,8H2,(H2,9,11)/t13-,14+,15-,16-,17+,18+,19-,20+,22+,23+,24-;/m1./s1. The first-order valence-electron chi connectivity index (χ1n) is 14.8. The highest BCUT2D eigenvalue weighted by molar-refractivity contribution is 5.97. The number of aliphatic hydroxyl groups excluding tert-OH is 3. The fraction of sp³-hybridized carbons (Fsp3) is 0.742. The molecule has 11 atom stereocenters. The SMILES string of the molecule is C[C@H](CCC(=O)O)[C@H]1CC[C@H]2[C@@H]3[C@H](O)C[C@@H]4C[C@H](O)CC[C@]4(C)[C@H]3C[C@H](O)[C@]12C.NC(=O)c1cccc(N)c1O. The number of nitrogen functional groups attached to an aromatic ring is 1. The number of nitrogens with two attached hydrogens (primary N) is 2. The van der Waals surface area contributed by atoms with Crippen LogP contribution in [0.15, 0.2) is 18.2 Å². The summed E-state index contributed by atoms with van der Waals surface area (Å²) >= 11 is 0. The van der Waals surface area contributed by atoms with Crippen LogP contribution in [0.25, 0.3) is 0 Å². The van der Waals surface area contributed by atoms with Crippen LogP contribution in [0.5, 0.6) is 5.75 Å². The highest BCUT2D eigenvalue weighted by Gasteiger charge is 2.65. The zero-order valence-electron chi connectivity index (χ0n) is 24.0. The maximum Gasteiger partial charge on any atom is 0.303 e. The van der Waals surface area contributed by atoms with Crippen molar-refractivity contribution < 1.29 is 35.1 Å². The van der Waals surface area contributed by atoms with Crippen LogP contribution in [-0.2, 0) is 4.79 Å². The van der Waals surface area contributed by atoms with Crippen LogP contribution >= 0.6 is 0 Å². The number of aliphatic hydroxyl groups is 3. The van der Waals surface area contributed by atoms with E-state index in [0.717, 1.165) is 44.9 Å². The number of carbonyl (C=O) groups is 2. The van der Waals surface area contributed by atoms with Crippen LogP contribution in [0.1, 0.15) is 88.9 Å². The first kappa shape index (κ1) is 30.6. The van der Waals surface area contributed by atoms with Crippen molar-refractivity contribution >= 4 is 17.6 Å². The summed E-state index contributed by atoms with van der Waals surface area (Å²) in [6, 6.07) is 4.45. The van der Waals surface area contributed by atoms with Gasteiger partial charge in [-0.1, -0.05) is 26.8 Å². The van der Waals surface area contributed by atoms with Crippen LogP contribution in [0.4, 0.5) is 5.69 Å². The van der Waals surface area contributed by atoms with Gasteiger partial charge in [0.15, 0.2) is 5.75 Å². The van der Waals surface area contributed by atoms with Gasteiger partial charge in [-0.3, -0.25) is 9.59 Å². The average molecular weight is 561 g/mol. The molecule has 4 saturated carbocycles. The summed E-state index contributed by atoms with van der Waals surface area (Å²) in [5.41, 5.74) is 10.3. The van der Waals surface area contributed by atoms with Gasteiger partial charge >= 0.3 is 5.97 Å². The maximum atomic E-state index is 11.5. The molecule has 0 spiro atoms. The summed E-state index contributed by atoms with van der Waals surface area (Å²) in [6.45, 7) is 6.72. The van der Waals surface area contributed by atoms with Crippen molar-refractivity contribution in [3.8, 4) is 5.75 Å². The number of aliphatic carboxylic acids is 1. The second-order valence-electron chi connectivity index (χ2n) is 13.5. The molecule has 40 heavy (non-hydrogen) atoms. The van der Waals surface area contributed by atoms with E-state index < -0.39 is 18.0 Å². The lowest BCUT2D eigenvalue weighted by Gasteiger charge is -2.63. The molecule has 9 nitrogen and oxygen atoms in total. The molecule has 1 aromatic rings. The van der Waals surface area contributed by atoms with Gasteiger partial charge in [0.05, 0.1) is 29.6 Å². The molecule has 9 heteroatoms. The largest absolute Gasteiger partial charge is 0.505 e. The molecule has 4 fully saturated rings. The first-order chi connectivity index (χ1) is 18.7. The molecule has 4 aliphatic rings. The van der Waals surface area contributed by atoms with E-state index in [-0.39, 0.29) is 58.3 Å². The van der Waals surface area contributed by atoms with Crippen molar-refractivity contribution in [2.45, 2.75) is 96.9 Å². The van der Waals surface area contributed by atoms with Crippen molar-refractivity contribution in [2.75, 3.05) is 5.73 Å². The maximum absolute atomic E-state index is 11.5. The Kier molecular flexibility index (Phi) is 8.79. The van der Waals surface area contributed by atoms with Crippen LogP contribution in [-0.4, -0.2) is 55.7 Å². The number of aromatic hydroxyl groups is 1. The molecule has 0 bridgehead atoms. The second kappa shape index (κ2) is 11.5. The van der Waals surface area contributed by atoms with E-state index in [0.29, 0.717) is 30.1 Å². The Hall–Kier alpha value is -2.36. The number of rotatable bonds is 5. The molecule has 0 heterocycles. The van der Waals surface area contributed by atoms with Gasteiger partial charge in [0, 0.05) is 6.42 Å². The van der Waals surface area contributed by atoms with Gasteiger partial charge in [0.1, 0.15) is 0 Å². The van der Waals surface area contributed by atoms with Crippen LogP contribution in [0, 0.1) is 46.3 Å². The molecule has 224 valence electrons. The molecule has 0 saturated heterocycles. The number of hydrogen-bond donors (Lipinski definition) is 7. The predicted octanol–water partition coefficient (Wildman–Crippen LogP) is 3.52. The predicted molar refractivity (Wildman–Crippen MR) is 151 cm³/mol. The fourth-order valence-corrected chi connectivity index (χ4v) is 9.44. The average Bonchev–Trinajstić information content (AvgIpc) is 3.24. The molecular formula is C31H48N2O7. The number of amides is 1. The van der Waals surface area contributed by atoms with E-state index in [2.05, 4.69) is 20.8 Å². The van der Waals surface area contributed by atoms with E-state index in [4.69, 9.17) is 21.7 Å². The molecule has 0 aliphatic heterocycles. The number of benzene rings is 1. The highest BCUT2D eigenvalue weighted by Crippen LogP contribution is 2.68. The Morgan fingerprint density at radius 3 is 2.38 bits per heavy atom. The Bertz CT molecular complexity index is 1100. The number of phenols is 1. The smallest absolute Gasteiger partial charge is 0.303 e. The van der Waals surface area contributed by atoms with Crippen molar-refractivity contribution in [2.24, 2.45) is 52.1 Å². The monoisotopic (exact) mass is 560 g/mol. The third-order valence-corrected chi connectivity index (χ3v) is 11.7. The minimum atomic E-state index is -0.748. The van der Waals surface area contributed by atoms with E-state index in [9.17, 15) is 24.9 Å². The molecule has 0 unspecified atom stereocenters. The van der Waals surface area contributed by atoms with Gasteiger partial charge in [0.25, 0.3) is 5.91 Å². The molecule has 1 amide bonds. The number of anilines is 1. The minimum absolute atomic E-state index is 0.0463. The Labute approximate surface area is 237 Å². The van der Waals surface area contributed by atoms with E-state index in [1.54, 1.807) is 6.07 Å². The topological polar surface area (TPSA) is 187 Å². The van der Waals surface area contributed by atoms with Crippen molar-refractivity contribution in [1.29, 1.82) is 0 Å². The number of hydrogen-bond acceptors (Lipinski definition) is 7. The van der Waals surface area contributed by atoms with Crippen molar-refractivity contribution in [3.63, 3.8) is 0 Å². The molecular weight excluding hydrogens is 512 g/mol. The van der Waals surface area contributed by atoms with E-state index in [1.807, 2.05) is 0 Å². The van der Waals surface area contributed by atoms with E-state index in [1.165, 1.54) is 12.1 Å². The normalized spacial score (nSPS) is 41.0. The number of para-hydroxylation sites is 1. The minimum Gasteiger partial charge on any atom is -0.505 e. The van der Waals surface area contributed by atoms with Gasteiger partial charge in [-0.25, -0.2) is 0 Å². The number of carbonyl (C=O) groups excluding carboxylic acids is 1. The van der Waals surface area contributed by atoms with Gasteiger partial charge in [0.2, 0.25) is 0 Å². The van der Waals surface area contributed by atoms with Crippen LogP contribution in [0.2, 0.25) is 0 Å². The highest BCUT2D eigenvalue weighted by atomic mass is 16.4. The summed E-state index contributed by atoms with van der Waals surface area (Å²) in [5.74, 6) is 0.0621. The van der Waals surface area contributed by atoms with E-state index >= 15 is 0 Å².